The number of aromatic nitrogens is 1. The number of sulfonamides is 1. The third-order valence-corrected chi connectivity index (χ3v) is 7.67. The number of hydrogen-bond donors (Lipinski definition) is 2. The zero-order valence-electron chi connectivity index (χ0n) is 20.8. The summed E-state index contributed by atoms with van der Waals surface area (Å²) < 4.78 is 33.4. The van der Waals surface area contributed by atoms with Crippen molar-refractivity contribution in [1.29, 1.82) is 0 Å². The Kier molecular flexibility index (Phi) is 10.5. The molecule has 198 valence electrons. The smallest absolute Gasteiger partial charge is 0.407 e. The van der Waals surface area contributed by atoms with Crippen molar-refractivity contribution in [3.63, 3.8) is 0 Å². The van der Waals surface area contributed by atoms with E-state index in [9.17, 15) is 18.3 Å². The van der Waals surface area contributed by atoms with Gasteiger partial charge in [-0.05, 0) is 48.2 Å². The van der Waals surface area contributed by atoms with Gasteiger partial charge in [0.1, 0.15) is 6.61 Å². The molecule has 1 aromatic heterocycles. The minimum absolute atomic E-state index is 0.000690. The average molecular weight is 546 g/mol. The van der Waals surface area contributed by atoms with E-state index in [1.807, 2.05) is 44.2 Å². The third kappa shape index (κ3) is 8.82. The van der Waals surface area contributed by atoms with Crippen molar-refractivity contribution in [3.05, 3.63) is 95.3 Å². The Balaban J connectivity index is 1.79. The number of nitrogens with zero attached hydrogens (tertiary/aromatic N) is 2. The molecule has 0 aliphatic heterocycles. The fraction of sp³-hybridized carbons (Fsp3) is 0.333. The largest absolute Gasteiger partial charge is 0.445 e. The van der Waals surface area contributed by atoms with E-state index in [0.29, 0.717) is 5.02 Å². The van der Waals surface area contributed by atoms with Gasteiger partial charge < -0.3 is 15.2 Å². The molecular weight excluding hydrogens is 514 g/mol. The number of pyridine rings is 1. The van der Waals surface area contributed by atoms with Crippen LogP contribution in [0.25, 0.3) is 0 Å². The maximum atomic E-state index is 13.4. The van der Waals surface area contributed by atoms with Crippen molar-refractivity contribution in [2.75, 3.05) is 13.1 Å². The minimum Gasteiger partial charge on any atom is -0.445 e. The summed E-state index contributed by atoms with van der Waals surface area (Å²) in [6, 6.07) is 17.9. The van der Waals surface area contributed by atoms with Crippen LogP contribution < -0.4 is 5.32 Å². The van der Waals surface area contributed by atoms with Crippen LogP contribution in [0.15, 0.2) is 84.0 Å². The molecule has 0 saturated heterocycles. The Morgan fingerprint density at radius 2 is 1.70 bits per heavy atom. The van der Waals surface area contributed by atoms with Crippen LogP contribution in [0.2, 0.25) is 5.02 Å². The van der Waals surface area contributed by atoms with E-state index in [2.05, 4.69) is 10.3 Å². The zero-order valence-corrected chi connectivity index (χ0v) is 22.4. The summed E-state index contributed by atoms with van der Waals surface area (Å²) >= 11 is 5.94. The van der Waals surface area contributed by atoms with Gasteiger partial charge in [0.15, 0.2) is 0 Å². The molecule has 37 heavy (non-hydrogen) atoms. The maximum absolute atomic E-state index is 13.4. The number of aliphatic hydroxyl groups excluding tert-OH is 1. The lowest BCUT2D eigenvalue weighted by molar-refractivity contribution is 0.0873. The van der Waals surface area contributed by atoms with E-state index in [1.54, 1.807) is 24.5 Å². The van der Waals surface area contributed by atoms with Gasteiger partial charge in [-0.2, -0.15) is 4.31 Å². The average Bonchev–Trinajstić information content (AvgIpc) is 2.88. The number of carbonyl (C=O) groups is 1. The van der Waals surface area contributed by atoms with Crippen molar-refractivity contribution < 1.29 is 23.1 Å². The number of alkyl carbamates (subject to hydrolysis) is 1. The number of benzene rings is 2. The molecule has 0 bridgehead atoms. The van der Waals surface area contributed by atoms with Crippen molar-refractivity contribution in [3.8, 4) is 0 Å². The lowest BCUT2D eigenvalue weighted by atomic mass is 10.0. The molecular formula is C27H32ClN3O5S. The minimum atomic E-state index is -3.93. The predicted octanol–water partition coefficient (Wildman–Crippen LogP) is 4.28. The lowest BCUT2D eigenvalue weighted by Gasteiger charge is -2.30. The molecule has 0 radical (unpaired) electrons. The molecule has 0 saturated carbocycles. The van der Waals surface area contributed by atoms with E-state index in [4.69, 9.17) is 16.3 Å². The fourth-order valence-corrected chi connectivity index (χ4v) is 5.49. The SMILES string of the molecule is CC(C)CN(C[C@@H](O)[C@H](Cc1ccccc1)NC(=O)OCc1cccnc1)S(=O)(=O)c1ccc(Cl)cc1. The van der Waals surface area contributed by atoms with E-state index >= 15 is 0 Å². The summed E-state index contributed by atoms with van der Waals surface area (Å²) in [7, 11) is -3.93. The van der Waals surface area contributed by atoms with Crippen molar-refractivity contribution in [2.24, 2.45) is 5.92 Å². The van der Waals surface area contributed by atoms with Crippen molar-refractivity contribution in [2.45, 2.75) is 43.9 Å². The number of hydrogen-bond acceptors (Lipinski definition) is 6. The Labute approximate surface area is 223 Å². The van der Waals surface area contributed by atoms with Gasteiger partial charge >= 0.3 is 6.09 Å². The van der Waals surface area contributed by atoms with Crippen LogP contribution in [-0.4, -0.2) is 54.1 Å². The highest BCUT2D eigenvalue weighted by Gasteiger charge is 2.31. The first-order valence-electron chi connectivity index (χ1n) is 11.9. The molecule has 3 rings (SSSR count). The van der Waals surface area contributed by atoms with Gasteiger partial charge in [-0.25, -0.2) is 13.2 Å². The van der Waals surface area contributed by atoms with Gasteiger partial charge in [-0.1, -0.05) is 61.8 Å². The second kappa shape index (κ2) is 13.5. The molecule has 10 heteroatoms. The van der Waals surface area contributed by atoms with Crippen LogP contribution in [0.4, 0.5) is 4.79 Å². The van der Waals surface area contributed by atoms with Gasteiger partial charge in [-0.15, -0.1) is 0 Å². The van der Waals surface area contributed by atoms with Crippen molar-refractivity contribution >= 4 is 27.7 Å². The Hall–Kier alpha value is -2.98. The fourth-order valence-electron chi connectivity index (χ4n) is 3.75. The molecule has 2 atom stereocenters. The summed E-state index contributed by atoms with van der Waals surface area (Å²) in [5, 5.41) is 14.4. The molecule has 3 aromatic rings. The Bertz CT molecular complexity index is 1230. The van der Waals surface area contributed by atoms with Gasteiger partial charge in [0, 0.05) is 36.1 Å². The normalized spacial score (nSPS) is 13.4. The third-order valence-electron chi connectivity index (χ3n) is 5.57. The number of carbonyl (C=O) groups excluding carboxylic acids is 1. The summed E-state index contributed by atoms with van der Waals surface area (Å²) in [5.74, 6) is -0.000690. The number of rotatable bonds is 12. The Morgan fingerprint density at radius 1 is 1.03 bits per heavy atom. The molecule has 2 aromatic carbocycles. The first-order chi connectivity index (χ1) is 17.6. The molecule has 0 spiro atoms. The topological polar surface area (TPSA) is 109 Å². The molecule has 2 N–H and O–H groups in total. The quantitative estimate of drug-likeness (QED) is 0.351. The molecule has 0 aliphatic carbocycles. The Morgan fingerprint density at radius 3 is 2.32 bits per heavy atom. The number of nitrogens with one attached hydrogen (secondary N) is 1. The van der Waals surface area contributed by atoms with Gasteiger partial charge in [0.05, 0.1) is 17.0 Å². The van der Waals surface area contributed by atoms with Gasteiger partial charge in [-0.3, -0.25) is 4.98 Å². The first kappa shape index (κ1) is 28.6. The highest BCUT2D eigenvalue weighted by atomic mass is 35.5. The van der Waals surface area contributed by atoms with E-state index in [0.717, 1.165) is 11.1 Å². The second-order valence-electron chi connectivity index (χ2n) is 9.12. The molecule has 1 heterocycles. The number of aliphatic hydroxyl groups is 1. The summed E-state index contributed by atoms with van der Waals surface area (Å²) in [4.78, 5) is 16.7. The van der Waals surface area contributed by atoms with Crippen LogP contribution in [0.1, 0.15) is 25.0 Å². The standard InChI is InChI=1S/C27H32ClN3O5S/c1-20(2)17-31(37(34,35)24-12-10-23(28)11-13-24)18-26(32)25(15-21-7-4-3-5-8-21)30-27(33)36-19-22-9-6-14-29-16-22/h3-14,16,20,25-26,32H,15,17-19H2,1-2H3,(H,30,33)/t25-,26+/m0/s1. The molecule has 0 unspecified atom stereocenters. The lowest BCUT2D eigenvalue weighted by Crippen LogP contribution is -2.51. The summed E-state index contributed by atoms with van der Waals surface area (Å²) in [6.45, 7) is 3.77. The van der Waals surface area contributed by atoms with Crippen LogP contribution >= 0.6 is 11.6 Å². The molecule has 1 amide bonds. The highest BCUT2D eigenvalue weighted by molar-refractivity contribution is 7.89. The zero-order chi connectivity index (χ0) is 26.8. The van der Waals surface area contributed by atoms with E-state index in [-0.39, 0.29) is 36.9 Å². The molecule has 8 nitrogen and oxygen atoms in total. The number of amides is 1. The first-order valence-corrected chi connectivity index (χ1v) is 13.8. The van der Waals surface area contributed by atoms with Crippen LogP contribution in [-0.2, 0) is 27.8 Å². The van der Waals surface area contributed by atoms with Crippen LogP contribution in [0.3, 0.4) is 0 Å². The number of halogens is 1. The monoisotopic (exact) mass is 545 g/mol. The van der Waals surface area contributed by atoms with Crippen LogP contribution in [0, 0.1) is 5.92 Å². The van der Waals surface area contributed by atoms with E-state index < -0.39 is 28.3 Å². The highest BCUT2D eigenvalue weighted by Crippen LogP contribution is 2.21. The van der Waals surface area contributed by atoms with Gasteiger partial charge in [0.25, 0.3) is 0 Å². The molecule has 0 aliphatic rings. The number of ether oxygens (including phenoxy) is 1. The summed E-state index contributed by atoms with van der Waals surface area (Å²) in [6.07, 6.45) is 1.55. The van der Waals surface area contributed by atoms with E-state index in [1.165, 1.54) is 28.6 Å². The van der Waals surface area contributed by atoms with Crippen LogP contribution in [0.5, 0.6) is 0 Å². The van der Waals surface area contributed by atoms with Gasteiger partial charge in [0.2, 0.25) is 10.0 Å². The summed E-state index contributed by atoms with van der Waals surface area (Å²) in [5.41, 5.74) is 1.59. The molecule has 0 fully saturated rings. The predicted molar refractivity (Wildman–Crippen MR) is 143 cm³/mol. The maximum Gasteiger partial charge on any atom is 0.407 e. The van der Waals surface area contributed by atoms with Crippen molar-refractivity contribution in [1.82, 2.24) is 14.6 Å². The second-order valence-corrected chi connectivity index (χ2v) is 11.5.